The van der Waals surface area contributed by atoms with Crippen molar-refractivity contribution >= 4 is 22.6 Å². The van der Waals surface area contributed by atoms with Crippen LogP contribution < -0.4 is 5.56 Å². The van der Waals surface area contributed by atoms with Gasteiger partial charge in [0.1, 0.15) is 9.39 Å². The number of halogens is 1. The van der Waals surface area contributed by atoms with E-state index in [0.29, 0.717) is 21.7 Å². The molecule has 0 aliphatic heterocycles. The Morgan fingerprint density at radius 2 is 2.11 bits per heavy atom. The van der Waals surface area contributed by atoms with Gasteiger partial charge in [-0.25, -0.2) is 4.98 Å². The molecule has 7 heteroatoms. The second kappa shape index (κ2) is 5.41. The van der Waals surface area contributed by atoms with E-state index in [1.807, 2.05) is 43.5 Å². The molecule has 0 radical (unpaired) electrons. The van der Waals surface area contributed by atoms with Crippen LogP contribution in [0.2, 0.25) is 0 Å². The number of hydrogen-bond donors (Lipinski definition) is 1. The van der Waals surface area contributed by atoms with Crippen LogP contribution in [-0.4, -0.2) is 26.9 Å². The average Bonchev–Trinajstić information content (AvgIpc) is 2.59. The van der Waals surface area contributed by atoms with Gasteiger partial charge in [0, 0.05) is 19.9 Å². The van der Waals surface area contributed by atoms with Gasteiger partial charge in [0.15, 0.2) is 0 Å². The molecule has 0 aromatic carbocycles. The zero-order valence-electron chi connectivity index (χ0n) is 11.2. The van der Waals surface area contributed by atoms with Crippen molar-refractivity contribution in [3.05, 3.63) is 31.0 Å². The number of rotatable bonds is 3. The molecule has 0 spiro atoms. The Bertz CT molecular complexity index is 675. The minimum atomic E-state index is -0.152. The minimum Gasteiger partial charge on any atom is -0.378 e. The van der Waals surface area contributed by atoms with Crippen molar-refractivity contribution in [2.75, 3.05) is 7.11 Å². The fraction of sp³-hybridized carbons (Fsp3) is 0.417. The summed E-state index contributed by atoms with van der Waals surface area (Å²) < 4.78 is 7.41. The summed E-state index contributed by atoms with van der Waals surface area (Å²) in [5.74, 6) is 0.542. The molecule has 6 nitrogen and oxygen atoms in total. The lowest BCUT2D eigenvalue weighted by Crippen LogP contribution is -2.17. The number of hydrogen-bond acceptors (Lipinski definition) is 4. The first-order chi connectivity index (χ1) is 8.95. The van der Waals surface area contributed by atoms with Crippen molar-refractivity contribution < 1.29 is 4.74 Å². The maximum atomic E-state index is 12.0. The van der Waals surface area contributed by atoms with E-state index in [2.05, 4.69) is 15.1 Å². The van der Waals surface area contributed by atoms with Crippen molar-refractivity contribution in [3.63, 3.8) is 0 Å². The summed E-state index contributed by atoms with van der Waals surface area (Å²) in [6.45, 7) is 4.16. The summed E-state index contributed by atoms with van der Waals surface area (Å²) in [4.78, 5) is 19.2. The maximum Gasteiger partial charge on any atom is 0.264 e. The normalized spacial score (nSPS) is 11.0. The van der Waals surface area contributed by atoms with Crippen LogP contribution in [0.5, 0.6) is 0 Å². The number of nitrogens with one attached hydrogen (secondary N) is 1. The lowest BCUT2D eigenvalue weighted by molar-refractivity contribution is 0.180. The predicted molar refractivity (Wildman–Crippen MR) is 80.0 cm³/mol. The Hall–Kier alpha value is -1.22. The van der Waals surface area contributed by atoms with Crippen molar-refractivity contribution in [2.45, 2.75) is 20.5 Å². The number of ether oxygens (including phenoxy) is 1. The third-order valence-corrected chi connectivity index (χ3v) is 4.07. The smallest absolute Gasteiger partial charge is 0.264 e. The molecule has 0 fully saturated rings. The molecule has 0 saturated heterocycles. The third kappa shape index (κ3) is 2.57. The lowest BCUT2D eigenvalue weighted by Gasteiger charge is -2.06. The first-order valence-corrected chi connectivity index (χ1v) is 6.81. The summed E-state index contributed by atoms with van der Waals surface area (Å²) in [6.07, 6.45) is 0. The summed E-state index contributed by atoms with van der Waals surface area (Å²) in [7, 11) is 3.45. The van der Waals surface area contributed by atoms with Gasteiger partial charge in [0.05, 0.1) is 23.6 Å². The zero-order chi connectivity index (χ0) is 14.2. The molecule has 2 aromatic heterocycles. The maximum absolute atomic E-state index is 12.0. The van der Waals surface area contributed by atoms with Gasteiger partial charge in [-0.15, -0.1) is 0 Å². The molecular weight excluding hydrogens is 359 g/mol. The van der Waals surface area contributed by atoms with Gasteiger partial charge in [-0.3, -0.25) is 9.48 Å². The van der Waals surface area contributed by atoms with Gasteiger partial charge in [-0.05, 0) is 36.4 Å². The van der Waals surface area contributed by atoms with E-state index in [-0.39, 0.29) is 5.56 Å². The van der Waals surface area contributed by atoms with E-state index >= 15 is 0 Å². The van der Waals surface area contributed by atoms with E-state index in [4.69, 9.17) is 4.74 Å². The fourth-order valence-electron chi connectivity index (χ4n) is 1.97. The number of aromatic nitrogens is 4. The second-order valence-corrected chi connectivity index (χ2v) is 5.36. The monoisotopic (exact) mass is 374 g/mol. The summed E-state index contributed by atoms with van der Waals surface area (Å²) in [6, 6.07) is 0. The van der Waals surface area contributed by atoms with Crippen LogP contribution in [-0.2, 0) is 18.4 Å². The van der Waals surface area contributed by atoms with Crippen LogP contribution in [0.4, 0.5) is 0 Å². The first-order valence-electron chi connectivity index (χ1n) is 5.74. The zero-order valence-corrected chi connectivity index (χ0v) is 13.4. The number of H-pyrrole nitrogens is 1. The van der Waals surface area contributed by atoms with E-state index in [1.54, 1.807) is 11.8 Å². The largest absolute Gasteiger partial charge is 0.378 e. The van der Waals surface area contributed by atoms with Crippen LogP contribution >= 0.6 is 22.6 Å². The highest BCUT2D eigenvalue weighted by atomic mass is 127. The molecule has 0 amide bonds. The molecule has 0 atom stereocenters. The standard InChI is InChI=1S/C12H15IN4O2/c1-6-9(7(2)17(3)16-6)11-14-8(5-19-4)10(13)12(18)15-11/h5H2,1-4H3,(H,14,15,18). The van der Waals surface area contributed by atoms with Gasteiger partial charge in [0.2, 0.25) is 0 Å². The van der Waals surface area contributed by atoms with Gasteiger partial charge >= 0.3 is 0 Å². The molecule has 2 rings (SSSR count). The van der Waals surface area contributed by atoms with E-state index in [1.165, 1.54) is 0 Å². The Labute approximate surface area is 124 Å². The topological polar surface area (TPSA) is 72.8 Å². The molecule has 102 valence electrons. The number of methoxy groups -OCH3 is 1. The third-order valence-electron chi connectivity index (χ3n) is 2.96. The van der Waals surface area contributed by atoms with Crippen LogP contribution in [0.25, 0.3) is 11.4 Å². The molecule has 2 aromatic rings. The molecule has 0 bridgehead atoms. The van der Waals surface area contributed by atoms with Crippen LogP contribution in [0.3, 0.4) is 0 Å². The van der Waals surface area contributed by atoms with Gasteiger partial charge in [-0.2, -0.15) is 5.10 Å². The molecule has 1 N–H and O–H groups in total. The van der Waals surface area contributed by atoms with Crippen molar-refractivity contribution in [2.24, 2.45) is 7.05 Å². The molecule has 19 heavy (non-hydrogen) atoms. The van der Waals surface area contributed by atoms with Crippen molar-refractivity contribution in [1.82, 2.24) is 19.7 Å². The molecule has 0 aliphatic rings. The quantitative estimate of drug-likeness (QED) is 0.828. The van der Waals surface area contributed by atoms with Crippen LogP contribution in [0, 0.1) is 17.4 Å². The Balaban J connectivity index is 2.66. The average molecular weight is 374 g/mol. The summed E-state index contributed by atoms with van der Waals surface area (Å²) in [5.41, 5.74) is 3.16. The molecule has 2 heterocycles. The van der Waals surface area contributed by atoms with Gasteiger partial charge in [0.25, 0.3) is 5.56 Å². The van der Waals surface area contributed by atoms with Crippen molar-refractivity contribution in [3.8, 4) is 11.4 Å². The Morgan fingerprint density at radius 1 is 1.42 bits per heavy atom. The minimum absolute atomic E-state index is 0.152. The Kier molecular flexibility index (Phi) is 4.04. The van der Waals surface area contributed by atoms with Crippen LogP contribution in [0.15, 0.2) is 4.79 Å². The van der Waals surface area contributed by atoms with E-state index < -0.39 is 0 Å². The highest BCUT2D eigenvalue weighted by Gasteiger charge is 2.16. The molecule has 0 unspecified atom stereocenters. The summed E-state index contributed by atoms with van der Waals surface area (Å²) >= 11 is 1.98. The predicted octanol–water partition coefficient (Wildman–Crippen LogP) is 1.54. The van der Waals surface area contributed by atoms with Crippen LogP contribution in [0.1, 0.15) is 17.1 Å². The highest BCUT2D eigenvalue weighted by Crippen LogP contribution is 2.23. The van der Waals surface area contributed by atoms with E-state index in [0.717, 1.165) is 17.0 Å². The molecular formula is C12H15IN4O2. The van der Waals surface area contributed by atoms with Crippen molar-refractivity contribution in [1.29, 1.82) is 0 Å². The van der Waals surface area contributed by atoms with Gasteiger partial charge < -0.3 is 9.72 Å². The first kappa shape index (κ1) is 14.2. The highest BCUT2D eigenvalue weighted by molar-refractivity contribution is 14.1. The molecule has 0 aliphatic carbocycles. The number of aryl methyl sites for hydroxylation is 2. The number of nitrogens with zero attached hydrogens (tertiary/aromatic N) is 3. The fourth-order valence-corrected chi connectivity index (χ4v) is 2.38. The van der Waals surface area contributed by atoms with Gasteiger partial charge in [-0.1, -0.05) is 0 Å². The molecule has 0 saturated carbocycles. The second-order valence-electron chi connectivity index (χ2n) is 4.28. The SMILES string of the molecule is COCc1nc(-c2c(C)nn(C)c2C)[nH]c(=O)c1I. The Morgan fingerprint density at radius 3 is 2.63 bits per heavy atom. The summed E-state index contributed by atoms with van der Waals surface area (Å²) in [5, 5.41) is 4.34. The number of aromatic amines is 1. The van der Waals surface area contributed by atoms with E-state index in [9.17, 15) is 4.79 Å². The lowest BCUT2D eigenvalue weighted by atomic mass is 10.2.